The van der Waals surface area contributed by atoms with Gasteiger partial charge in [0, 0.05) is 34.7 Å². The average Bonchev–Trinajstić information content (AvgIpc) is 2.55. The van der Waals surface area contributed by atoms with Gasteiger partial charge in [0.25, 0.3) is 0 Å². The molecule has 7 heteroatoms. The van der Waals surface area contributed by atoms with Gasteiger partial charge in [-0.2, -0.15) is 0 Å². The number of fused-ring (bicyclic) bond motifs is 1. The summed E-state index contributed by atoms with van der Waals surface area (Å²) in [7, 11) is -1.26. The molecule has 1 aliphatic rings. The first-order valence-electron chi connectivity index (χ1n) is 8.06. The lowest BCUT2D eigenvalue weighted by Gasteiger charge is -2.33. The molecule has 4 nitrogen and oxygen atoms in total. The topological polar surface area (TPSA) is 49.4 Å². The zero-order valence-electron chi connectivity index (χ0n) is 14.1. The smallest absolute Gasteiger partial charge is 0.232 e. The highest BCUT2D eigenvalue weighted by molar-refractivity contribution is 7.92. The average molecular weight is 399 g/mol. The lowest BCUT2D eigenvalue weighted by molar-refractivity contribution is 0.295. The summed E-state index contributed by atoms with van der Waals surface area (Å²) < 4.78 is 26.3. The van der Waals surface area contributed by atoms with E-state index in [-0.39, 0.29) is 11.7 Å². The van der Waals surface area contributed by atoms with Gasteiger partial charge >= 0.3 is 0 Å². The summed E-state index contributed by atoms with van der Waals surface area (Å²) in [6, 6.07) is 11.2. The van der Waals surface area contributed by atoms with Gasteiger partial charge in [0.15, 0.2) is 0 Å². The maximum atomic E-state index is 11.8. The van der Waals surface area contributed by atoms with Crippen molar-refractivity contribution in [2.24, 2.45) is 0 Å². The minimum Gasteiger partial charge on any atom is -0.301 e. The van der Waals surface area contributed by atoms with Crippen LogP contribution in [0, 0.1) is 0 Å². The highest BCUT2D eigenvalue weighted by Crippen LogP contribution is 2.38. The molecule has 1 unspecified atom stereocenters. The second kappa shape index (κ2) is 7.16. The summed E-state index contributed by atoms with van der Waals surface area (Å²) >= 11 is 12.6. The molecular weight excluding hydrogens is 379 g/mol. The molecule has 0 fully saturated rings. The van der Waals surface area contributed by atoms with E-state index in [1.54, 1.807) is 19.1 Å². The van der Waals surface area contributed by atoms with E-state index in [1.165, 1.54) is 0 Å². The fraction of sp³-hybridized carbons (Fsp3) is 0.333. The predicted molar refractivity (Wildman–Crippen MR) is 104 cm³/mol. The Bertz CT molecular complexity index is 900. The Morgan fingerprint density at radius 2 is 2.00 bits per heavy atom. The van der Waals surface area contributed by atoms with E-state index in [0.29, 0.717) is 15.7 Å². The van der Waals surface area contributed by atoms with Crippen molar-refractivity contribution < 1.29 is 8.42 Å². The molecule has 134 valence electrons. The van der Waals surface area contributed by atoms with Crippen molar-refractivity contribution >= 4 is 38.9 Å². The highest BCUT2D eigenvalue weighted by Gasteiger charge is 2.27. The van der Waals surface area contributed by atoms with Crippen LogP contribution in [-0.4, -0.2) is 32.7 Å². The van der Waals surface area contributed by atoms with Gasteiger partial charge in [0.05, 0.1) is 5.75 Å². The minimum absolute atomic E-state index is 0.0391. The number of rotatable bonds is 4. The van der Waals surface area contributed by atoms with Gasteiger partial charge < -0.3 is 4.90 Å². The Kier molecular flexibility index (Phi) is 5.30. The molecule has 1 atom stereocenters. The molecule has 2 aromatic rings. The second-order valence-electron chi connectivity index (χ2n) is 6.34. The third kappa shape index (κ3) is 4.11. The Labute approximate surface area is 158 Å². The van der Waals surface area contributed by atoms with Crippen LogP contribution in [0.1, 0.15) is 29.5 Å². The van der Waals surface area contributed by atoms with E-state index in [1.807, 2.05) is 31.3 Å². The molecule has 25 heavy (non-hydrogen) atoms. The van der Waals surface area contributed by atoms with Crippen molar-refractivity contribution in [3.05, 3.63) is 63.1 Å². The first-order chi connectivity index (χ1) is 11.8. The summed E-state index contributed by atoms with van der Waals surface area (Å²) in [6.07, 6.45) is 0. The Hall–Kier alpha value is -1.27. The van der Waals surface area contributed by atoms with Crippen LogP contribution < -0.4 is 4.72 Å². The maximum Gasteiger partial charge on any atom is 0.232 e. The number of sulfonamides is 1. The molecule has 0 spiro atoms. The quantitative estimate of drug-likeness (QED) is 0.833. The normalized spacial score (nSPS) is 18.0. The SMILES string of the molecule is CCS(=O)(=O)Nc1cccc(C2CN(C)Cc3c(Cl)cc(Cl)cc32)c1. The number of benzene rings is 2. The molecule has 2 aromatic carbocycles. The Morgan fingerprint density at radius 3 is 2.72 bits per heavy atom. The minimum atomic E-state index is -3.31. The van der Waals surface area contributed by atoms with Crippen molar-refractivity contribution in [1.82, 2.24) is 4.90 Å². The van der Waals surface area contributed by atoms with Crippen LogP contribution in [-0.2, 0) is 16.6 Å². The number of likely N-dealkylation sites (N-methyl/N-ethyl adjacent to an activating group) is 1. The highest BCUT2D eigenvalue weighted by atomic mass is 35.5. The van der Waals surface area contributed by atoms with Crippen molar-refractivity contribution in [3.63, 3.8) is 0 Å². The molecule has 0 aliphatic carbocycles. The molecule has 0 amide bonds. The largest absolute Gasteiger partial charge is 0.301 e. The fourth-order valence-electron chi connectivity index (χ4n) is 3.20. The van der Waals surface area contributed by atoms with Crippen molar-refractivity contribution in [2.75, 3.05) is 24.1 Å². The Balaban J connectivity index is 2.03. The van der Waals surface area contributed by atoms with Crippen molar-refractivity contribution in [2.45, 2.75) is 19.4 Å². The van der Waals surface area contributed by atoms with Crippen molar-refractivity contribution in [3.8, 4) is 0 Å². The molecule has 1 N–H and O–H groups in total. The molecule has 0 bridgehead atoms. The lowest BCUT2D eigenvalue weighted by atomic mass is 9.84. The molecule has 1 aliphatic heterocycles. The summed E-state index contributed by atoms with van der Waals surface area (Å²) in [5.74, 6) is 0.119. The standard InChI is InChI=1S/C18H20Cl2N2O2S/c1-3-25(23,24)21-14-6-4-5-12(7-14)16-10-22(2)11-17-15(16)8-13(19)9-18(17)20/h4-9,16,21H,3,10-11H2,1-2H3. The van der Waals surface area contributed by atoms with E-state index in [4.69, 9.17) is 23.2 Å². The summed E-state index contributed by atoms with van der Waals surface area (Å²) in [5.41, 5.74) is 3.78. The number of anilines is 1. The molecule has 0 aromatic heterocycles. The van der Waals surface area contributed by atoms with Gasteiger partial charge in [0.1, 0.15) is 0 Å². The molecule has 0 radical (unpaired) electrons. The summed E-state index contributed by atoms with van der Waals surface area (Å²) in [4.78, 5) is 2.20. The van der Waals surface area contributed by atoms with Gasteiger partial charge in [-0.15, -0.1) is 0 Å². The predicted octanol–water partition coefficient (Wildman–Crippen LogP) is 4.33. The molecule has 3 rings (SSSR count). The third-order valence-corrected chi connectivity index (χ3v) is 6.30. The fourth-order valence-corrected chi connectivity index (χ4v) is 4.40. The number of nitrogens with zero attached hydrogens (tertiary/aromatic N) is 1. The molecule has 0 saturated heterocycles. The van der Waals surface area contributed by atoms with Crippen LogP contribution in [0.4, 0.5) is 5.69 Å². The number of hydrogen-bond acceptors (Lipinski definition) is 3. The summed E-state index contributed by atoms with van der Waals surface area (Å²) in [6.45, 7) is 3.19. The zero-order chi connectivity index (χ0) is 18.2. The van der Waals surface area contributed by atoms with Crippen LogP contribution in [0.15, 0.2) is 36.4 Å². The molecule has 1 heterocycles. The maximum absolute atomic E-state index is 11.8. The number of halogens is 2. The van der Waals surface area contributed by atoms with Crippen LogP contribution in [0.25, 0.3) is 0 Å². The Morgan fingerprint density at radius 1 is 1.24 bits per heavy atom. The van der Waals surface area contributed by atoms with Gasteiger partial charge in [-0.25, -0.2) is 8.42 Å². The molecule has 0 saturated carbocycles. The first kappa shape index (κ1) is 18.5. The van der Waals surface area contributed by atoms with Crippen LogP contribution >= 0.6 is 23.2 Å². The third-order valence-electron chi connectivity index (χ3n) is 4.43. The summed E-state index contributed by atoms with van der Waals surface area (Å²) in [5, 5.41) is 1.28. The van der Waals surface area contributed by atoms with E-state index >= 15 is 0 Å². The zero-order valence-corrected chi connectivity index (χ0v) is 16.4. The monoisotopic (exact) mass is 398 g/mol. The van der Waals surface area contributed by atoms with Crippen molar-refractivity contribution in [1.29, 1.82) is 0 Å². The van der Waals surface area contributed by atoms with E-state index in [2.05, 4.69) is 9.62 Å². The molecular formula is C18H20Cl2N2O2S. The van der Waals surface area contributed by atoms with E-state index < -0.39 is 10.0 Å². The number of hydrogen-bond donors (Lipinski definition) is 1. The lowest BCUT2D eigenvalue weighted by Crippen LogP contribution is -2.31. The van der Waals surface area contributed by atoms with Gasteiger partial charge in [-0.3, -0.25) is 4.72 Å². The van der Waals surface area contributed by atoms with Gasteiger partial charge in [-0.05, 0) is 54.9 Å². The number of nitrogens with one attached hydrogen (secondary N) is 1. The van der Waals surface area contributed by atoms with Crippen LogP contribution in [0.5, 0.6) is 0 Å². The van der Waals surface area contributed by atoms with Crippen LogP contribution in [0.3, 0.4) is 0 Å². The van der Waals surface area contributed by atoms with E-state index in [0.717, 1.165) is 29.8 Å². The first-order valence-corrected chi connectivity index (χ1v) is 10.5. The second-order valence-corrected chi connectivity index (χ2v) is 9.19. The van der Waals surface area contributed by atoms with Crippen LogP contribution in [0.2, 0.25) is 10.0 Å². The van der Waals surface area contributed by atoms with Gasteiger partial charge in [-0.1, -0.05) is 35.3 Å². The van der Waals surface area contributed by atoms with Gasteiger partial charge in [0.2, 0.25) is 10.0 Å². The van der Waals surface area contributed by atoms with E-state index in [9.17, 15) is 8.42 Å².